The van der Waals surface area contributed by atoms with Crippen molar-refractivity contribution in [2.45, 2.75) is 19.3 Å². The Morgan fingerprint density at radius 2 is 2.53 bits per heavy atom. The van der Waals surface area contributed by atoms with E-state index in [0.717, 1.165) is 5.57 Å². The minimum Gasteiger partial charge on any atom is -0.469 e. The van der Waals surface area contributed by atoms with E-state index in [9.17, 15) is 4.79 Å². The highest BCUT2D eigenvalue weighted by atomic mass is 16.5. The van der Waals surface area contributed by atoms with Crippen LogP contribution in [0.3, 0.4) is 0 Å². The van der Waals surface area contributed by atoms with Crippen molar-refractivity contribution in [3.8, 4) is 6.07 Å². The monoisotopic (exact) mass is 205 g/mol. The average molecular weight is 205 g/mol. The van der Waals surface area contributed by atoms with Crippen molar-refractivity contribution in [1.29, 1.82) is 5.26 Å². The second-order valence-corrected chi connectivity index (χ2v) is 3.74. The first-order chi connectivity index (χ1) is 7.17. The Morgan fingerprint density at radius 1 is 1.80 bits per heavy atom. The molecule has 0 radical (unpaired) electrons. The average Bonchev–Trinajstić information content (AvgIpc) is 2.26. The number of rotatable bonds is 3. The Balaban J connectivity index is 2.53. The van der Waals surface area contributed by atoms with Crippen LogP contribution in [-0.4, -0.2) is 13.1 Å². The summed E-state index contributed by atoms with van der Waals surface area (Å²) in [6.45, 7) is 3.83. The van der Waals surface area contributed by atoms with Crippen LogP contribution in [0, 0.1) is 23.2 Å². The van der Waals surface area contributed by atoms with Crippen molar-refractivity contribution in [2.24, 2.45) is 11.8 Å². The number of nitriles is 1. The molecule has 15 heavy (non-hydrogen) atoms. The quantitative estimate of drug-likeness (QED) is 0.664. The summed E-state index contributed by atoms with van der Waals surface area (Å²) in [5.41, 5.74) is 0.982. The molecule has 3 nitrogen and oxygen atoms in total. The van der Waals surface area contributed by atoms with Crippen molar-refractivity contribution < 1.29 is 9.53 Å². The summed E-state index contributed by atoms with van der Waals surface area (Å²) < 4.78 is 4.57. The number of allylic oxidation sites excluding steroid dienone is 3. The molecule has 0 spiro atoms. The van der Waals surface area contributed by atoms with Crippen LogP contribution in [-0.2, 0) is 9.53 Å². The molecule has 0 unspecified atom stereocenters. The number of esters is 1. The third-order valence-corrected chi connectivity index (χ3v) is 2.65. The number of carbonyl (C=O) groups is 1. The molecule has 0 saturated carbocycles. The molecule has 1 aliphatic carbocycles. The molecule has 0 aromatic heterocycles. The van der Waals surface area contributed by atoms with Crippen LogP contribution in [0.4, 0.5) is 0 Å². The molecule has 0 saturated heterocycles. The SMILES string of the molecule is C=C1C=C[C@H](CCC(=O)OC)[C@H](C#N)C1. The highest BCUT2D eigenvalue weighted by molar-refractivity contribution is 5.69. The third kappa shape index (κ3) is 3.25. The second kappa shape index (κ2) is 5.35. The first-order valence-electron chi connectivity index (χ1n) is 4.99. The summed E-state index contributed by atoms with van der Waals surface area (Å²) in [4.78, 5) is 11.0. The maximum Gasteiger partial charge on any atom is 0.305 e. The zero-order valence-electron chi connectivity index (χ0n) is 8.90. The summed E-state index contributed by atoms with van der Waals surface area (Å²) >= 11 is 0. The number of carbonyl (C=O) groups excluding carboxylic acids is 1. The van der Waals surface area contributed by atoms with Gasteiger partial charge < -0.3 is 4.74 Å². The predicted octanol–water partition coefficient (Wildman–Crippen LogP) is 2.21. The van der Waals surface area contributed by atoms with Crippen molar-refractivity contribution in [3.05, 3.63) is 24.3 Å². The van der Waals surface area contributed by atoms with Gasteiger partial charge in [-0.25, -0.2) is 0 Å². The first kappa shape index (κ1) is 11.5. The lowest BCUT2D eigenvalue weighted by Gasteiger charge is -2.22. The van der Waals surface area contributed by atoms with Gasteiger partial charge in [0.2, 0.25) is 0 Å². The number of methoxy groups -OCH3 is 1. The Morgan fingerprint density at radius 3 is 3.13 bits per heavy atom. The van der Waals surface area contributed by atoms with Gasteiger partial charge in [-0.1, -0.05) is 24.3 Å². The number of hydrogen-bond acceptors (Lipinski definition) is 3. The lowest BCUT2D eigenvalue weighted by molar-refractivity contribution is -0.140. The second-order valence-electron chi connectivity index (χ2n) is 3.74. The van der Waals surface area contributed by atoms with Crippen LogP contribution in [0.1, 0.15) is 19.3 Å². The van der Waals surface area contributed by atoms with Gasteiger partial charge in [0.1, 0.15) is 0 Å². The van der Waals surface area contributed by atoms with E-state index in [-0.39, 0.29) is 17.8 Å². The lowest BCUT2D eigenvalue weighted by Crippen LogP contribution is -2.16. The summed E-state index contributed by atoms with van der Waals surface area (Å²) in [6.07, 6.45) is 5.67. The van der Waals surface area contributed by atoms with Crippen LogP contribution in [0.15, 0.2) is 24.3 Å². The molecule has 0 heterocycles. The molecule has 0 amide bonds. The fraction of sp³-hybridized carbons (Fsp3) is 0.500. The van der Waals surface area contributed by atoms with Gasteiger partial charge in [0, 0.05) is 6.42 Å². The largest absolute Gasteiger partial charge is 0.469 e. The van der Waals surface area contributed by atoms with E-state index < -0.39 is 0 Å². The standard InChI is InChI=1S/C12H15NO2/c1-9-3-4-10(11(7-9)8-13)5-6-12(14)15-2/h3-4,10-11H,1,5-7H2,2H3/t10-,11+/m1/s1. The molecule has 80 valence electrons. The van der Waals surface area contributed by atoms with E-state index in [2.05, 4.69) is 17.4 Å². The molecule has 1 rings (SSSR count). The maximum absolute atomic E-state index is 11.0. The lowest BCUT2D eigenvalue weighted by atomic mass is 9.80. The molecule has 0 N–H and O–H groups in total. The molecular weight excluding hydrogens is 190 g/mol. The van der Waals surface area contributed by atoms with E-state index in [1.165, 1.54) is 7.11 Å². The van der Waals surface area contributed by atoms with Crippen LogP contribution >= 0.6 is 0 Å². The maximum atomic E-state index is 11.0. The summed E-state index contributed by atoms with van der Waals surface area (Å²) in [5.74, 6) is -0.115. The van der Waals surface area contributed by atoms with Gasteiger partial charge in [-0.15, -0.1) is 0 Å². The molecule has 1 aliphatic rings. The van der Waals surface area contributed by atoms with Crippen molar-refractivity contribution in [1.82, 2.24) is 0 Å². The van der Waals surface area contributed by atoms with Gasteiger partial charge in [0.15, 0.2) is 0 Å². The third-order valence-electron chi connectivity index (χ3n) is 2.65. The van der Waals surface area contributed by atoms with Crippen LogP contribution in [0.5, 0.6) is 0 Å². The molecule has 0 aliphatic heterocycles. The molecule has 0 aromatic carbocycles. The smallest absolute Gasteiger partial charge is 0.305 e. The van der Waals surface area contributed by atoms with Gasteiger partial charge in [0.05, 0.1) is 19.1 Å². The number of nitrogens with zero attached hydrogens (tertiary/aromatic N) is 1. The van der Waals surface area contributed by atoms with E-state index >= 15 is 0 Å². The summed E-state index contributed by atoms with van der Waals surface area (Å²) in [5, 5.41) is 8.96. The van der Waals surface area contributed by atoms with Gasteiger partial charge in [0.25, 0.3) is 0 Å². The van der Waals surface area contributed by atoms with E-state index in [1.807, 2.05) is 12.2 Å². The highest BCUT2D eigenvalue weighted by Gasteiger charge is 2.23. The Labute approximate surface area is 90.0 Å². The van der Waals surface area contributed by atoms with Crippen molar-refractivity contribution >= 4 is 5.97 Å². The van der Waals surface area contributed by atoms with E-state index in [4.69, 9.17) is 5.26 Å². The molecule has 0 fully saturated rings. The summed E-state index contributed by atoms with van der Waals surface area (Å²) in [7, 11) is 1.38. The first-order valence-corrected chi connectivity index (χ1v) is 4.99. The minimum atomic E-state index is -0.218. The zero-order valence-corrected chi connectivity index (χ0v) is 8.90. The molecule has 2 atom stereocenters. The van der Waals surface area contributed by atoms with E-state index in [1.54, 1.807) is 0 Å². The summed E-state index contributed by atoms with van der Waals surface area (Å²) in [6, 6.07) is 2.26. The fourth-order valence-corrected chi connectivity index (χ4v) is 1.72. The number of hydrogen-bond donors (Lipinski definition) is 0. The fourth-order valence-electron chi connectivity index (χ4n) is 1.72. The molecular formula is C12H15NO2. The van der Waals surface area contributed by atoms with Crippen LogP contribution in [0.25, 0.3) is 0 Å². The number of ether oxygens (including phenoxy) is 1. The Kier molecular flexibility index (Phi) is 4.11. The van der Waals surface area contributed by atoms with Crippen molar-refractivity contribution in [2.75, 3.05) is 7.11 Å². The molecule has 0 bridgehead atoms. The van der Waals surface area contributed by atoms with Gasteiger partial charge in [-0.2, -0.15) is 5.26 Å². The van der Waals surface area contributed by atoms with Crippen molar-refractivity contribution in [3.63, 3.8) is 0 Å². The van der Waals surface area contributed by atoms with Gasteiger partial charge in [-0.05, 0) is 18.8 Å². The highest BCUT2D eigenvalue weighted by Crippen LogP contribution is 2.29. The molecule has 0 aromatic rings. The molecule has 3 heteroatoms. The Bertz CT molecular complexity index is 325. The normalized spacial score (nSPS) is 24.7. The zero-order chi connectivity index (χ0) is 11.3. The van der Waals surface area contributed by atoms with Crippen LogP contribution in [0.2, 0.25) is 0 Å². The van der Waals surface area contributed by atoms with Crippen LogP contribution < -0.4 is 0 Å². The Hall–Kier alpha value is -1.56. The predicted molar refractivity (Wildman–Crippen MR) is 56.7 cm³/mol. The minimum absolute atomic E-state index is 0.0489. The van der Waals surface area contributed by atoms with Gasteiger partial charge >= 0.3 is 5.97 Å². The topological polar surface area (TPSA) is 50.1 Å². The van der Waals surface area contributed by atoms with Gasteiger partial charge in [-0.3, -0.25) is 4.79 Å². The van der Waals surface area contributed by atoms with E-state index in [0.29, 0.717) is 19.3 Å².